The predicted molar refractivity (Wildman–Crippen MR) is 160 cm³/mol. The number of likely N-dealkylation sites (tertiary alicyclic amines) is 1. The van der Waals surface area contributed by atoms with Gasteiger partial charge in [-0.3, -0.25) is 14.0 Å². The number of ether oxygens (including phenoxy) is 1. The summed E-state index contributed by atoms with van der Waals surface area (Å²) in [5.74, 6) is 1.55. The van der Waals surface area contributed by atoms with E-state index in [0.29, 0.717) is 42.0 Å². The Kier molecular flexibility index (Phi) is 6.68. The van der Waals surface area contributed by atoms with Crippen LogP contribution in [-0.2, 0) is 11.3 Å². The molecule has 0 radical (unpaired) electrons. The SMILES string of the molecule is COc1cc(C(=O)N2CCC[C@@H](N)C2)cc2nc(-c3cc4ccc(C(NC(C)=O)C5CC5)nc4n3CC3CC3)c(C)n12. The maximum absolute atomic E-state index is 13.5. The lowest BCUT2D eigenvalue weighted by Gasteiger charge is -2.30. The van der Waals surface area contributed by atoms with E-state index in [4.69, 9.17) is 20.4 Å². The number of carbonyl (C=O) groups excluding carboxylic acids is 2. The van der Waals surface area contributed by atoms with Crippen molar-refractivity contribution in [3.63, 3.8) is 0 Å². The first-order chi connectivity index (χ1) is 20.3. The molecule has 7 rings (SSSR count). The molecule has 3 fully saturated rings. The number of aryl methyl sites for hydroxylation is 1. The number of methoxy groups -OCH3 is 1. The average Bonchev–Trinajstić information content (AvgIpc) is 3.91. The molecule has 0 aromatic carbocycles. The fourth-order valence-corrected chi connectivity index (χ4v) is 6.51. The highest BCUT2D eigenvalue weighted by atomic mass is 16.5. The number of carbonyl (C=O) groups is 2. The highest BCUT2D eigenvalue weighted by Crippen LogP contribution is 2.42. The van der Waals surface area contributed by atoms with Crippen LogP contribution < -0.4 is 15.8 Å². The highest BCUT2D eigenvalue weighted by molar-refractivity contribution is 5.96. The number of aromatic nitrogens is 4. The lowest BCUT2D eigenvalue weighted by Crippen LogP contribution is -2.45. The van der Waals surface area contributed by atoms with Crippen molar-refractivity contribution in [1.82, 2.24) is 29.2 Å². The second-order valence-corrected chi connectivity index (χ2v) is 12.4. The highest BCUT2D eigenvalue weighted by Gasteiger charge is 2.35. The zero-order chi connectivity index (χ0) is 29.1. The molecule has 5 heterocycles. The van der Waals surface area contributed by atoms with E-state index < -0.39 is 0 Å². The van der Waals surface area contributed by atoms with E-state index in [2.05, 4.69) is 28.1 Å². The van der Waals surface area contributed by atoms with Crippen molar-refractivity contribution in [2.75, 3.05) is 20.2 Å². The minimum Gasteiger partial charge on any atom is -0.482 e. The summed E-state index contributed by atoms with van der Waals surface area (Å²) in [7, 11) is 1.62. The van der Waals surface area contributed by atoms with E-state index in [1.807, 2.05) is 28.4 Å². The first-order valence-electron chi connectivity index (χ1n) is 15.2. The van der Waals surface area contributed by atoms with Gasteiger partial charge in [0.15, 0.2) is 5.88 Å². The number of fused-ring (bicyclic) bond motifs is 2. The van der Waals surface area contributed by atoms with Crippen molar-refractivity contribution >= 4 is 28.5 Å². The van der Waals surface area contributed by atoms with E-state index in [-0.39, 0.29) is 23.9 Å². The van der Waals surface area contributed by atoms with E-state index in [1.165, 1.54) is 12.8 Å². The standard InChI is InChI=1S/C32H39N7O3/c1-18-29(36-27-14-23(15-28(42-3)39(18)27)32(41)37-12-4-5-24(33)17-37)26-13-22-10-11-25(30(21-8-9-21)34-19(2)40)35-31(22)38(26)16-20-6-7-20/h10-11,13-15,20-21,24,30H,4-9,12,16-17,33H2,1-3H3,(H,34,40)/t24-,30?/m1/s1. The molecule has 42 heavy (non-hydrogen) atoms. The summed E-state index contributed by atoms with van der Waals surface area (Å²) in [5.41, 5.74) is 12.0. The minimum absolute atomic E-state index is 0.00825. The smallest absolute Gasteiger partial charge is 0.254 e. The number of pyridine rings is 2. The van der Waals surface area contributed by atoms with Crippen LogP contribution in [0.3, 0.4) is 0 Å². The number of nitrogens with one attached hydrogen (secondary N) is 1. The van der Waals surface area contributed by atoms with Crippen LogP contribution in [0.2, 0.25) is 0 Å². The lowest BCUT2D eigenvalue weighted by molar-refractivity contribution is -0.119. The summed E-state index contributed by atoms with van der Waals surface area (Å²) in [5, 5.41) is 4.18. The third kappa shape index (κ3) is 4.91. The summed E-state index contributed by atoms with van der Waals surface area (Å²) in [6, 6.07) is 9.95. The monoisotopic (exact) mass is 569 g/mol. The van der Waals surface area contributed by atoms with Crippen LogP contribution >= 0.6 is 0 Å². The molecule has 3 aliphatic rings. The second kappa shape index (κ2) is 10.4. The summed E-state index contributed by atoms with van der Waals surface area (Å²) in [6.07, 6.45) is 6.48. The number of imidazole rings is 1. The topological polar surface area (TPSA) is 120 Å². The summed E-state index contributed by atoms with van der Waals surface area (Å²) >= 11 is 0. The first kappa shape index (κ1) is 26.9. The molecule has 0 spiro atoms. The average molecular weight is 570 g/mol. The summed E-state index contributed by atoms with van der Waals surface area (Å²) in [4.78, 5) is 37.5. The van der Waals surface area contributed by atoms with Gasteiger partial charge in [-0.1, -0.05) is 0 Å². The number of nitrogens with zero attached hydrogens (tertiary/aromatic N) is 5. The Balaban J connectivity index is 1.33. The van der Waals surface area contributed by atoms with Crippen molar-refractivity contribution < 1.29 is 14.3 Å². The van der Waals surface area contributed by atoms with E-state index >= 15 is 0 Å². The number of hydrogen-bond acceptors (Lipinski definition) is 6. The molecule has 10 nitrogen and oxygen atoms in total. The second-order valence-electron chi connectivity index (χ2n) is 12.4. The van der Waals surface area contributed by atoms with Gasteiger partial charge in [-0.2, -0.15) is 0 Å². The van der Waals surface area contributed by atoms with Gasteiger partial charge in [-0.25, -0.2) is 9.97 Å². The van der Waals surface area contributed by atoms with Crippen LogP contribution in [0.5, 0.6) is 5.88 Å². The van der Waals surface area contributed by atoms with Gasteiger partial charge in [-0.05, 0) is 81.5 Å². The minimum atomic E-state index is -0.0637. The van der Waals surface area contributed by atoms with Crippen molar-refractivity contribution in [1.29, 1.82) is 0 Å². The number of hydrogen-bond donors (Lipinski definition) is 2. The zero-order valence-corrected chi connectivity index (χ0v) is 24.6. The number of piperidine rings is 1. The van der Waals surface area contributed by atoms with E-state index in [9.17, 15) is 9.59 Å². The lowest BCUT2D eigenvalue weighted by atomic mass is 10.1. The molecule has 2 aliphatic carbocycles. The fourth-order valence-electron chi connectivity index (χ4n) is 6.51. The molecule has 1 aliphatic heterocycles. The third-order valence-corrected chi connectivity index (χ3v) is 9.04. The predicted octanol–water partition coefficient (Wildman–Crippen LogP) is 4.23. The molecule has 2 atom stereocenters. The molecule has 4 aromatic heterocycles. The Labute approximate surface area is 245 Å². The van der Waals surface area contributed by atoms with Crippen molar-refractivity contribution in [3.05, 3.63) is 47.3 Å². The Morgan fingerprint density at radius 3 is 2.62 bits per heavy atom. The Morgan fingerprint density at radius 2 is 1.93 bits per heavy atom. The van der Waals surface area contributed by atoms with Crippen LogP contribution in [0.4, 0.5) is 0 Å². The maximum Gasteiger partial charge on any atom is 0.254 e. The van der Waals surface area contributed by atoms with Crippen LogP contribution in [0.15, 0.2) is 30.3 Å². The number of rotatable bonds is 8. The van der Waals surface area contributed by atoms with Crippen molar-refractivity contribution in [2.24, 2.45) is 17.6 Å². The molecule has 1 unspecified atom stereocenters. The van der Waals surface area contributed by atoms with Gasteiger partial charge < -0.3 is 25.3 Å². The summed E-state index contributed by atoms with van der Waals surface area (Å²) < 4.78 is 10.1. The molecule has 0 bridgehead atoms. The van der Waals surface area contributed by atoms with Gasteiger partial charge in [0.1, 0.15) is 17.0 Å². The molecule has 10 heteroatoms. The molecule has 2 saturated carbocycles. The van der Waals surface area contributed by atoms with E-state index in [0.717, 1.165) is 66.0 Å². The summed E-state index contributed by atoms with van der Waals surface area (Å²) in [6.45, 7) is 5.75. The zero-order valence-electron chi connectivity index (χ0n) is 24.6. The Bertz CT molecular complexity index is 1700. The molecule has 3 N–H and O–H groups in total. The van der Waals surface area contributed by atoms with Crippen LogP contribution in [0.25, 0.3) is 28.1 Å². The molecule has 220 valence electrons. The van der Waals surface area contributed by atoms with Crippen LogP contribution in [0, 0.1) is 18.8 Å². The van der Waals surface area contributed by atoms with Gasteiger partial charge in [0, 0.05) is 49.6 Å². The molecule has 1 saturated heterocycles. The molecule has 4 aromatic rings. The van der Waals surface area contributed by atoms with Gasteiger partial charge >= 0.3 is 0 Å². The Morgan fingerprint density at radius 1 is 1.12 bits per heavy atom. The number of amides is 2. The Hall–Kier alpha value is -3.92. The van der Waals surface area contributed by atoms with Gasteiger partial charge in [0.25, 0.3) is 5.91 Å². The molecular weight excluding hydrogens is 530 g/mol. The molecule has 2 amide bonds. The maximum atomic E-state index is 13.5. The third-order valence-electron chi connectivity index (χ3n) is 9.04. The van der Waals surface area contributed by atoms with E-state index in [1.54, 1.807) is 14.0 Å². The van der Waals surface area contributed by atoms with Crippen molar-refractivity contribution in [2.45, 2.75) is 71.0 Å². The number of nitrogens with two attached hydrogens (primary N) is 1. The van der Waals surface area contributed by atoms with Gasteiger partial charge in [0.2, 0.25) is 5.91 Å². The molecular formula is C32H39N7O3. The van der Waals surface area contributed by atoms with Crippen LogP contribution in [-0.4, -0.2) is 61.9 Å². The van der Waals surface area contributed by atoms with Crippen molar-refractivity contribution in [3.8, 4) is 17.3 Å². The van der Waals surface area contributed by atoms with Crippen LogP contribution in [0.1, 0.15) is 73.2 Å². The first-order valence-corrected chi connectivity index (χ1v) is 15.2. The fraction of sp³-hybridized carbons (Fsp3) is 0.500. The largest absolute Gasteiger partial charge is 0.482 e. The normalized spacial score (nSPS) is 19.8. The van der Waals surface area contributed by atoms with Gasteiger partial charge in [-0.15, -0.1) is 0 Å². The van der Waals surface area contributed by atoms with Gasteiger partial charge in [0.05, 0.1) is 30.2 Å². The quantitative estimate of drug-likeness (QED) is 0.328.